The number of thiazole rings is 1. The Kier molecular flexibility index (Phi) is 6.90. The van der Waals surface area contributed by atoms with Crippen molar-refractivity contribution in [1.82, 2.24) is 9.66 Å². The molecule has 1 aliphatic carbocycles. The van der Waals surface area contributed by atoms with Gasteiger partial charge in [0.2, 0.25) is 4.80 Å². The third kappa shape index (κ3) is 5.44. The highest BCUT2D eigenvalue weighted by atomic mass is 32.1. The molecule has 0 atom stereocenters. The number of benzene rings is 2. The lowest BCUT2D eigenvalue weighted by atomic mass is 9.84. The van der Waals surface area contributed by atoms with E-state index in [1.165, 1.54) is 61.1 Å². The third-order valence-electron chi connectivity index (χ3n) is 6.27. The minimum Gasteiger partial charge on any atom is -0.262 e. The first-order valence-corrected chi connectivity index (χ1v) is 12.6. The van der Waals surface area contributed by atoms with Gasteiger partial charge in [0.1, 0.15) is 0 Å². The van der Waals surface area contributed by atoms with E-state index in [1.54, 1.807) is 30.7 Å². The molecule has 0 saturated heterocycles. The van der Waals surface area contributed by atoms with Crippen LogP contribution in [0.25, 0.3) is 11.3 Å². The second kappa shape index (κ2) is 10.6. The SMILES string of the molecule is O=[N+]([O-])c1ccc(C=Nn2c(-c3ccc(C4CCCCC4)cc3)csc2=Nc2cccnc2)cc1. The number of nitro groups is 1. The normalized spacial score (nSPS) is 15.0. The first-order chi connectivity index (χ1) is 17.2. The zero-order valence-electron chi connectivity index (χ0n) is 19.2. The number of rotatable bonds is 6. The van der Waals surface area contributed by atoms with Gasteiger partial charge in [-0.2, -0.15) is 5.10 Å². The van der Waals surface area contributed by atoms with Gasteiger partial charge in [-0.3, -0.25) is 15.1 Å². The summed E-state index contributed by atoms with van der Waals surface area (Å²) in [5, 5.41) is 17.7. The number of nitrogens with zero attached hydrogens (tertiary/aromatic N) is 5. The minimum absolute atomic E-state index is 0.0522. The number of pyridine rings is 1. The monoisotopic (exact) mass is 483 g/mol. The number of aromatic nitrogens is 2. The molecule has 7 nitrogen and oxygen atoms in total. The van der Waals surface area contributed by atoms with Crippen LogP contribution in [-0.4, -0.2) is 20.8 Å². The van der Waals surface area contributed by atoms with Crippen LogP contribution < -0.4 is 4.80 Å². The molecule has 1 saturated carbocycles. The van der Waals surface area contributed by atoms with Gasteiger partial charge < -0.3 is 0 Å². The van der Waals surface area contributed by atoms with E-state index in [0.717, 1.165) is 22.5 Å². The standard InChI is InChI=1S/C27H25N5O2S/c33-32(34)25-14-8-20(9-15-25)17-29-31-26(19-35-27(31)30-24-7-4-16-28-18-24)23-12-10-22(11-13-23)21-5-2-1-3-6-21/h4,7-19,21H,1-3,5-6H2. The van der Waals surface area contributed by atoms with E-state index in [2.05, 4.69) is 34.6 Å². The average Bonchev–Trinajstić information content (AvgIpc) is 3.31. The van der Waals surface area contributed by atoms with Gasteiger partial charge in [-0.15, -0.1) is 11.3 Å². The molecule has 176 valence electrons. The quantitative estimate of drug-likeness (QED) is 0.174. The van der Waals surface area contributed by atoms with E-state index in [9.17, 15) is 10.1 Å². The molecule has 0 amide bonds. The van der Waals surface area contributed by atoms with Crippen molar-refractivity contribution in [2.75, 3.05) is 0 Å². The number of hydrogen-bond donors (Lipinski definition) is 0. The predicted molar refractivity (Wildman–Crippen MR) is 139 cm³/mol. The van der Waals surface area contributed by atoms with Gasteiger partial charge in [0.15, 0.2) is 0 Å². The van der Waals surface area contributed by atoms with Crippen molar-refractivity contribution < 1.29 is 4.92 Å². The molecule has 2 heterocycles. The fraction of sp³-hybridized carbons (Fsp3) is 0.222. The molecule has 0 aliphatic heterocycles. The van der Waals surface area contributed by atoms with Crippen molar-refractivity contribution in [3.63, 3.8) is 0 Å². The molecule has 1 fully saturated rings. The molecule has 8 heteroatoms. The molecule has 2 aromatic heterocycles. The van der Waals surface area contributed by atoms with Gasteiger partial charge in [-0.05, 0) is 54.2 Å². The van der Waals surface area contributed by atoms with Crippen molar-refractivity contribution in [1.29, 1.82) is 0 Å². The molecule has 35 heavy (non-hydrogen) atoms. The second-order valence-electron chi connectivity index (χ2n) is 8.59. The van der Waals surface area contributed by atoms with Crippen molar-refractivity contribution in [2.45, 2.75) is 38.0 Å². The van der Waals surface area contributed by atoms with E-state index in [1.807, 2.05) is 16.8 Å². The van der Waals surface area contributed by atoms with Crippen molar-refractivity contribution >= 4 is 28.9 Å². The van der Waals surface area contributed by atoms with Gasteiger partial charge >= 0.3 is 0 Å². The zero-order valence-corrected chi connectivity index (χ0v) is 20.0. The van der Waals surface area contributed by atoms with Crippen LogP contribution in [0.1, 0.15) is 49.1 Å². The molecular formula is C27H25N5O2S. The van der Waals surface area contributed by atoms with Crippen LogP contribution in [0.5, 0.6) is 0 Å². The number of hydrogen-bond acceptors (Lipinski definition) is 6. The lowest BCUT2D eigenvalue weighted by Crippen LogP contribution is -2.11. The van der Waals surface area contributed by atoms with E-state index in [0.29, 0.717) is 10.7 Å². The lowest BCUT2D eigenvalue weighted by molar-refractivity contribution is -0.384. The molecule has 1 aliphatic rings. The second-order valence-corrected chi connectivity index (χ2v) is 9.43. The summed E-state index contributed by atoms with van der Waals surface area (Å²) in [6.07, 6.45) is 11.6. The Balaban J connectivity index is 1.51. The predicted octanol–water partition coefficient (Wildman–Crippen LogP) is 6.68. The number of nitro benzene ring substituents is 1. The maximum absolute atomic E-state index is 11.0. The van der Waals surface area contributed by atoms with E-state index < -0.39 is 4.92 Å². The van der Waals surface area contributed by atoms with E-state index in [-0.39, 0.29) is 5.69 Å². The van der Waals surface area contributed by atoms with Crippen LogP contribution in [0.4, 0.5) is 11.4 Å². The molecule has 0 spiro atoms. The maximum Gasteiger partial charge on any atom is 0.269 e. The summed E-state index contributed by atoms with van der Waals surface area (Å²) >= 11 is 1.51. The Morgan fingerprint density at radius 1 is 1.03 bits per heavy atom. The van der Waals surface area contributed by atoms with Crippen molar-refractivity contribution in [3.05, 3.63) is 104 Å². The van der Waals surface area contributed by atoms with Gasteiger partial charge in [0.25, 0.3) is 5.69 Å². The Morgan fingerprint density at radius 2 is 1.80 bits per heavy atom. The first kappa shape index (κ1) is 22.9. The Bertz CT molecular complexity index is 1380. The summed E-state index contributed by atoms with van der Waals surface area (Å²) < 4.78 is 1.81. The minimum atomic E-state index is -0.408. The van der Waals surface area contributed by atoms with Crippen LogP contribution in [0, 0.1) is 10.1 Å². The maximum atomic E-state index is 11.0. The van der Waals surface area contributed by atoms with Crippen LogP contribution in [0.15, 0.2) is 88.5 Å². The Morgan fingerprint density at radius 3 is 2.49 bits per heavy atom. The van der Waals surface area contributed by atoms with Crippen LogP contribution in [0.3, 0.4) is 0 Å². The Hall–Kier alpha value is -3.91. The van der Waals surface area contributed by atoms with Crippen LogP contribution in [-0.2, 0) is 0 Å². The molecule has 0 N–H and O–H groups in total. The Labute approximate surface area is 207 Å². The summed E-state index contributed by atoms with van der Waals surface area (Å²) in [7, 11) is 0. The fourth-order valence-electron chi connectivity index (χ4n) is 4.39. The molecule has 0 unspecified atom stereocenters. The summed E-state index contributed by atoms with van der Waals surface area (Å²) in [5.74, 6) is 0.656. The highest BCUT2D eigenvalue weighted by Gasteiger charge is 2.16. The third-order valence-corrected chi connectivity index (χ3v) is 7.08. The molecule has 0 radical (unpaired) electrons. The highest BCUT2D eigenvalue weighted by molar-refractivity contribution is 7.07. The largest absolute Gasteiger partial charge is 0.269 e. The number of non-ortho nitro benzene ring substituents is 1. The fourth-order valence-corrected chi connectivity index (χ4v) is 5.24. The van der Waals surface area contributed by atoms with E-state index >= 15 is 0 Å². The van der Waals surface area contributed by atoms with E-state index in [4.69, 9.17) is 10.1 Å². The summed E-state index contributed by atoms with van der Waals surface area (Å²) in [6, 6.07) is 18.9. The van der Waals surface area contributed by atoms with Gasteiger partial charge in [0, 0.05) is 29.3 Å². The zero-order chi connectivity index (χ0) is 24.0. The van der Waals surface area contributed by atoms with Gasteiger partial charge in [-0.1, -0.05) is 43.5 Å². The summed E-state index contributed by atoms with van der Waals surface area (Å²) in [5.41, 5.74) is 4.97. The van der Waals surface area contributed by atoms with Crippen LogP contribution >= 0.6 is 11.3 Å². The highest BCUT2D eigenvalue weighted by Crippen LogP contribution is 2.33. The van der Waals surface area contributed by atoms with Crippen molar-refractivity contribution in [3.8, 4) is 11.3 Å². The summed E-state index contributed by atoms with van der Waals surface area (Å²) in [6.45, 7) is 0. The average molecular weight is 484 g/mol. The molecular weight excluding hydrogens is 458 g/mol. The first-order valence-electron chi connectivity index (χ1n) is 11.7. The molecule has 0 bridgehead atoms. The summed E-state index contributed by atoms with van der Waals surface area (Å²) in [4.78, 5) is 20.2. The van der Waals surface area contributed by atoms with Crippen LogP contribution in [0.2, 0.25) is 0 Å². The van der Waals surface area contributed by atoms with Gasteiger partial charge in [-0.25, -0.2) is 9.67 Å². The topological polar surface area (TPSA) is 85.7 Å². The van der Waals surface area contributed by atoms with Crippen molar-refractivity contribution in [2.24, 2.45) is 10.1 Å². The molecule has 2 aromatic carbocycles. The van der Waals surface area contributed by atoms with Gasteiger partial charge in [0.05, 0.1) is 28.7 Å². The molecule has 4 aromatic rings. The lowest BCUT2D eigenvalue weighted by Gasteiger charge is -2.22. The smallest absolute Gasteiger partial charge is 0.262 e. The molecule has 5 rings (SSSR count).